The number of ketones is 1. The topological polar surface area (TPSA) is 72.3 Å². The van der Waals surface area contributed by atoms with Gasteiger partial charge in [0.05, 0.1) is 19.0 Å². The largest absolute Gasteiger partial charge is 0.497 e. The van der Waals surface area contributed by atoms with Crippen LogP contribution in [0.5, 0.6) is 5.75 Å². The summed E-state index contributed by atoms with van der Waals surface area (Å²) in [6.45, 7) is 4.05. The second-order valence-electron chi connectivity index (χ2n) is 5.38. The highest BCUT2D eigenvalue weighted by Gasteiger charge is 2.13. The summed E-state index contributed by atoms with van der Waals surface area (Å²) in [4.78, 5) is 17.3. The van der Waals surface area contributed by atoms with Gasteiger partial charge in [-0.15, -0.1) is 0 Å². The molecule has 0 radical (unpaired) electrons. The third kappa shape index (κ3) is 4.91. The van der Waals surface area contributed by atoms with Crippen LogP contribution in [-0.2, 0) is 4.84 Å². The number of hydrogen-bond acceptors (Lipinski definition) is 6. The van der Waals surface area contributed by atoms with Gasteiger partial charge in [-0.2, -0.15) is 5.10 Å². The van der Waals surface area contributed by atoms with Crippen LogP contribution in [0.15, 0.2) is 52.7 Å². The first-order valence-corrected chi connectivity index (χ1v) is 7.71. The lowest BCUT2D eigenvalue weighted by Crippen LogP contribution is -2.18. The molecule has 0 aliphatic rings. The molecule has 0 heterocycles. The standard InChI is InChI=1S/C19H21N3O3/c1-13-5-8-16(11-14(13)2)21-22-18(12-20-25-4)19(23)15-6-9-17(24-3)10-7-15/h5-12,21H,1-4H3/b20-12+,22-18-. The fourth-order valence-corrected chi connectivity index (χ4v) is 2.07. The molecule has 2 aromatic carbocycles. The smallest absolute Gasteiger partial charge is 0.214 e. The summed E-state index contributed by atoms with van der Waals surface area (Å²) in [6.07, 6.45) is 1.28. The van der Waals surface area contributed by atoms with Gasteiger partial charge in [0.2, 0.25) is 5.78 Å². The van der Waals surface area contributed by atoms with E-state index in [2.05, 4.69) is 20.5 Å². The van der Waals surface area contributed by atoms with Crippen LogP contribution in [0.4, 0.5) is 5.69 Å². The second-order valence-corrected chi connectivity index (χ2v) is 5.38. The van der Waals surface area contributed by atoms with E-state index in [1.807, 2.05) is 32.0 Å². The molecule has 130 valence electrons. The van der Waals surface area contributed by atoms with Gasteiger partial charge in [-0.25, -0.2) is 0 Å². The molecular formula is C19H21N3O3. The Balaban J connectivity index is 2.25. The summed E-state index contributed by atoms with van der Waals surface area (Å²) in [5, 5.41) is 7.83. The number of aryl methyl sites for hydroxylation is 2. The van der Waals surface area contributed by atoms with E-state index in [9.17, 15) is 4.79 Å². The highest BCUT2D eigenvalue weighted by Crippen LogP contribution is 2.15. The summed E-state index contributed by atoms with van der Waals surface area (Å²) >= 11 is 0. The summed E-state index contributed by atoms with van der Waals surface area (Å²) in [5.74, 6) is 0.397. The Morgan fingerprint density at radius 1 is 1.04 bits per heavy atom. The van der Waals surface area contributed by atoms with Gasteiger partial charge in [0.15, 0.2) is 5.71 Å². The maximum absolute atomic E-state index is 12.6. The molecule has 0 atom stereocenters. The van der Waals surface area contributed by atoms with Crippen molar-refractivity contribution in [3.05, 3.63) is 59.2 Å². The van der Waals surface area contributed by atoms with Crippen molar-refractivity contribution in [3.8, 4) is 5.75 Å². The Morgan fingerprint density at radius 3 is 2.36 bits per heavy atom. The number of oxime groups is 1. The highest BCUT2D eigenvalue weighted by atomic mass is 16.6. The Hall–Kier alpha value is -3.15. The first-order chi connectivity index (χ1) is 12.0. The average molecular weight is 339 g/mol. The summed E-state index contributed by atoms with van der Waals surface area (Å²) < 4.78 is 5.10. The lowest BCUT2D eigenvalue weighted by atomic mass is 10.1. The molecule has 0 saturated carbocycles. The summed E-state index contributed by atoms with van der Waals surface area (Å²) in [6, 6.07) is 12.6. The van der Waals surface area contributed by atoms with E-state index < -0.39 is 0 Å². The normalized spacial score (nSPS) is 11.4. The van der Waals surface area contributed by atoms with Crippen LogP contribution in [0, 0.1) is 13.8 Å². The van der Waals surface area contributed by atoms with Gasteiger partial charge in [-0.05, 0) is 61.4 Å². The molecule has 0 aromatic heterocycles. The third-order valence-corrected chi connectivity index (χ3v) is 3.68. The van der Waals surface area contributed by atoms with Crippen molar-refractivity contribution in [2.24, 2.45) is 10.3 Å². The number of nitrogens with one attached hydrogen (secondary N) is 1. The summed E-state index contributed by atoms with van der Waals surface area (Å²) in [7, 11) is 2.98. The second kappa shape index (κ2) is 8.63. The van der Waals surface area contributed by atoms with Crippen molar-refractivity contribution in [2.75, 3.05) is 19.6 Å². The van der Waals surface area contributed by atoms with Crippen molar-refractivity contribution in [2.45, 2.75) is 13.8 Å². The molecule has 0 aliphatic heterocycles. The van der Waals surface area contributed by atoms with Crippen LogP contribution in [0.2, 0.25) is 0 Å². The quantitative estimate of drug-likeness (QED) is 0.475. The number of hydrazone groups is 1. The lowest BCUT2D eigenvalue weighted by molar-refractivity contribution is 0.106. The van der Waals surface area contributed by atoms with Crippen LogP contribution in [-0.4, -0.2) is 31.9 Å². The molecule has 2 aromatic rings. The maximum atomic E-state index is 12.6. The average Bonchev–Trinajstić information content (AvgIpc) is 2.64. The van der Waals surface area contributed by atoms with Crippen molar-refractivity contribution >= 4 is 23.4 Å². The molecule has 0 amide bonds. The number of hydrogen-bond donors (Lipinski definition) is 1. The minimum atomic E-state index is -0.278. The predicted octanol–water partition coefficient (Wildman–Crippen LogP) is 3.60. The van der Waals surface area contributed by atoms with Gasteiger partial charge in [0, 0.05) is 5.56 Å². The van der Waals surface area contributed by atoms with E-state index in [-0.39, 0.29) is 11.5 Å². The molecule has 0 saturated heterocycles. The minimum Gasteiger partial charge on any atom is -0.497 e. The van der Waals surface area contributed by atoms with Crippen LogP contribution in [0.25, 0.3) is 0 Å². The number of benzene rings is 2. The zero-order valence-electron chi connectivity index (χ0n) is 14.7. The molecule has 6 nitrogen and oxygen atoms in total. The molecule has 25 heavy (non-hydrogen) atoms. The Morgan fingerprint density at radius 2 is 1.76 bits per heavy atom. The van der Waals surface area contributed by atoms with E-state index in [0.29, 0.717) is 11.3 Å². The Kier molecular flexibility index (Phi) is 6.28. The van der Waals surface area contributed by atoms with Crippen LogP contribution >= 0.6 is 0 Å². The Labute approximate surface area is 147 Å². The number of rotatable bonds is 7. The van der Waals surface area contributed by atoms with Crippen molar-refractivity contribution in [1.82, 2.24) is 0 Å². The van der Waals surface area contributed by atoms with Crippen LogP contribution in [0.3, 0.4) is 0 Å². The zero-order valence-corrected chi connectivity index (χ0v) is 14.7. The fraction of sp³-hybridized carbons (Fsp3) is 0.211. The van der Waals surface area contributed by atoms with Crippen LogP contribution < -0.4 is 10.2 Å². The third-order valence-electron chi connectivity index (χ3n) is 3.68. The first kappa shape index (κ1) is 18.2. The zero-order chi connectivity index (χ0) is 18.2. The fourth-order valence-electron chi connectivity index (χ4n) is 2.07. The molecule has 0 unspecified atom stereocenters. The Bertz CT molecular complexity index is 796. The maximum Gasteiger partial charge on any atom is 0.214 e. The van der Waals surface area contributed by atoms with E-state index in [1.54, 1.807) is 31.4 Å². The molecule has 0 bridgehead atoms. The molecule has 0 spiro atoms. The van der Waals surface area contributed by atoms with Crippen LogP contribution in [0.1, 0.15) is 21.5 Å². The number of carbonyl (C=O) groups excluding carboxylic acids is 1. The van der Waals surface area contributed by atoms with E-state index >= 15 is 0 Å². The van der Waals surface area contributed by atoms with E-state index in [4.69, 9.17) is 4.74 Å². The molecule has 6 heteroatoms. The number of carbonyl (C=O) groups is 1. The molecule has 2 rings (SSSR count). The SMILES string of the molecule is CO/N=C/C(=N/Nc1ccc(C)c(C)c1)C(=O)c1ccc(OC)cc1. The van der Waals surface area contributed by atoms with E-state index in [1.165, 1.54) is 18.9 Å². The summed E-state index contributed by atoms with van der Waals surface area (Å²) in [5.41, 5.74) is 6.60. The van der Waals surface area contributed by atoms with Crippen molar-refractivity contribution in [3.63, 3.8) is 0 Å². The number of methoxy groups -OCH3 is 1. The number of nitrogens with zero attached hydrogens (tertiary/aromatic N) is 2. The monoisotopic (exact) mass is 339 g/mol. The van der Waals surface area contributed by atoms with E-state index in [0.717, 1.165) is 11.3 Å². The minimum absolute atomic E-state index is 0.130. The molecule has 1 N–H and O–H groups in total. The molecule has 0 aliphatic carbocycles. The van der Waals surface area contributed by atoms with Gasteiger partial charge >= 0.3 is 0 Å². The van der Waals surface area contributed by atoms with Gasteiger partial charge in [-0.3, -0.25) is 10.2 Å². The first-order valence-electron chi connectivity index (χ1n) is 7.71. The lowest BCUT2D eigenvalue weighted by Gasteiger charge is -2.06. The number of anilines is 1. The van der Waals surface area contributed by atoms with Crippen molar-refractivity contribution in [1.29, 1.82) is 0 Å². The van der Waals surface area contributed by atoms with Gasteiger partial charge < -0.3 is 9.57 Å². The predicted molar refractivity (Wildman–Crippen MR) is 99.8 cm³/mol. The molecule has 0 fully saturated rings. The van der Waals surface area contributed by atoms with Gasteiger partial charge in [0.1, 0.15) is 12.9 Å². The van der Waals surface area contributed by atoms with Gasteiger partial charge in [0.25, 0.3) is 0 Å². The number of ether oxygens (including phenoxy) is 1. The highest BCUT2D eigenvalue weighted by molar-refractivity contribution is 6.64. The molecular weight excluding hydrogens is 318 g/mol. The van der Waals surface area contributed by atoms with Gasteiger partial charge in [-0.1, -0.05) is 11.2 Å². The van der Waals surface area contributed by atoms with Crippen molar-refractivity contribution < 1.29 is 14.4 Å². The number of Topliss-reactive ketones (excluding diaryl/α,β-unsaturated/α-hetero) is 1.